The number of hydrogen-bond acceptors (Lipinski definition) is 4. The normalized spacial score (nSPS) is 16.6. The van der Waals surface area contributed by atoms with Gasteiger partial charge >= 0.3 is 0 Å². The van der Waals surface area contributed by atoms with Crippen LogP contribution >= 0.6 is 11.8 Å². The largest absolute Gasteiger partial charge is 0.438 e. The molecule has 1 aliphatic heterocycles. The van der Waals surface area contributed by atoms with Crippen LogP contribution in [0.4, 0.5) is 0 Å². The van der Waals surface area contributed by atoms with Crippen molar-refractivity contribution in [1.29, 1.82) is 0 Å². The van der Waals surface area contributed by atoms with Crippen LogP contribution in [-0.4, -0.2) is 17.3 Å². The van der Waals surface area contributed by atoms with Gasteiger partial charge in [-0.2, -0.15) is 0 Å². The second-order valence-electron chi connectivity index (χ2n) is 4.08. The van der Waals surface area contributed by atoms with Crippen molar-refractivity contribution in [2.45, 2.75) is 5.25 Å². The van der Waals surface area contributed by atoms with Crippen LogP contribution in [0.15, 0.2) is 42.6 Å². The topological polar surface area (TPSA) is 48.1 Å². The van der Waals surface area contributed by atoms with Gasteiger partial charge in [-0.15, -0.1) is 11.8 Å². The molecule has 0 amide bonds. The van der Waals surface area contributed by atoms with Gasteiger partial charge in [0.2, 0.25) is 5.88 Å². The number of fused-ring (bicyclic) bond motifs is 2. The first-order valence-electron chi connectivity index (χ1n) is 5.93. The van der Waals surface area contributed by atoms with Crippen molar-refractivity contribution >= 4 is 11.8 Å². The van der Waals surface area contributed by atoms with E-state index in [1.165, 1.54) is 5.56 Å². The van der Waals surface area contributed by atoms with E-state index in [4.69, 9.17) is 10.5 Å². The maximum Gasteiger partial charge on any atom is 0.223 e. The van der Waals surface area contributed by atoms with Crippen LogP contribution in [0.3, 0.4) is 0 Å². The van der Waals surface area contributed by atoms with E-state index < -0.39 is 0 Å². The number of hydrogen-bond donors (Lipinski definition) is 1. The third kappa shape index (κ3) is 1.98. The summed E-state index contributed by atoms with van der Waals surface area (Å²) in [7, 11) is 0. The molecule has 2 N–H and O–H groups in total. The van der Waals surface area contributed by atoms with Gasteiger partial charge in [-0.1, -0.05) is 24.3 Å². The fraction of sp³-hybridized carbons (Fsp3) is 0.214. The molecule has 0 bridgehead atoms. The molecule has 0 spiro atoms. The van der Waals surface area contributed by atoms with Crippen molar-refractivity contribution in [2.24, 2.45) is 5.73 Å². The van der Waals surface area contributed by atoms with Crippen molar-refractivity contribution in [3.8, 4) is 11.6 Å². The Labute approximate surface area is 110 Å². The highest BCUT2D eigenvalue weighted by molar-refractivity contribution is 7.99. The molecule has 1 aromatic heterocycles. The van der Waals surface area contributed by atoms with Crippen molar-refractivity contribution in [1.82, 2.24) is 4.98 Å². The summed E-state index contributed by atoms with van der Waals surface area (Å²) in [6.45, 7) is 0.680. The fourth-order valence-electron chi connectivity index (χ4n) is 2.12. The molecule has 0 unspecified atom stereocenters. The Kier molecular flexibility index (Phi) is 3.21. The molecule has 0 saturated carbocycles. The van der Waals surface area contributed by atoms with Crippen LogP contribution in [0, 0.1) is 0 Å². The summed E-state index contributed by atoms with van der Waals surface area (Å²) in [5, 5.41) is 0.266. The number of pyridine rings is 1. The zero-order chi connectivity index (χ0) is 12.4. The first kappa shape index (κ1) is 11.6. The lowest BCUT2D eigenvalue weighted by Gasteiger charge is -2.26. The standard InChI is InChI=1S/C14H14N2OS/c15-7-9-18-13-10-4-1-2-6-12(10)17-14-11(13)5-3-8-16-14/h1-6,8,13H,7,9,15H2/t13-/m1/s1. The number of nitrogens with two attached hydrogens (primary N) is 1. The third-order valence-corrected chi connectivity index (χ3v) is 4.21. The summed E-state index contributed by atoms with van der Waals surface area (Å²) in [5.41, 5.74) is 7.96. The van der Waals surface area contributed by atoms with E-state index in [1.807, 2.05) is 36.0 Å². The lowest BCUT2D eigenvalue weighted by molar-refractivity contribution is 0.439. The quantitative estimate of drug-likeness (QED) is 0.919. The molecule has 0 saturated heterocycles. The fourth-order valence-corrected chi connectivity index (χ4v) is 3.22. The van der Waals surface area contributed by atoms with Gasteiger partial charge in [0.15, 0.2) is 0 Å². The van der Waals surface area contributed by atoms with E-state index in [2.05, 4.69) is 17.1 Å². The highest BCUT2D eigenvalue weighted by Gasteiger charge is 2.27. The van der Waals surface area contributed by atoms with Gasteiger partial charge < -0.3 is 10.5 Å². The number of aromatic nitrogens is 1. The average molecular weight is 258 g/mol. The summed E-state index contributed by atoms with van der Waals surface area (Å²) in [4.78, 5) is 4.31. The predicted molar refractivity (Wildman–Crippen MR) is 74.1 cm³/mol. The summed E-state index contributed by atoms with van der Waals surface area (Å²) < 4.78 is 5.83. The van der Waals surface area contributed by atoms with Crippen molar-refractivity contribution < 1.29 is 4.74 Å². The lowest BCUT2D eigenvalue weighted by atomic mass is 10.0. The minimum absolute atomic E-state index is 0.266. The molecular formula is C14H14N2OS. The summed E-state index contributed by atoms with van der Waals surface area (Å²) in [6.07, 6.45) is 1.76. The van der Waals surface area contributed by atoms with E-state index in [0.717, 1.165) is 17.1 Å². The Bertz CT molecular complexity index is 513. The second-order valence-corrected chi connectivity index (χ2v) is 5.29. The van der Waals surface area contributed by atoms with Crippen LogP contribution in [0.25, 0.3) is 0 Å². The minimum atomic E-state index is 0.266. The Hall–Kier alpha value is -1.52. The van der Waals surface area contributed by atoms with Crippen molar-refractivity contribution in [3.63, 3.8) is 0 Å². The molecule has 1 aromatic carbocycles. The van der Waals surface area contributed by atoms with E-state index in [0.29, 0.717) is 12.4 Å². The maximum absolute atomic E-state index is 5.83. The van der Waals surface area contributed by atoms with E-state index >= 15 is 0 Å². The molecule has 0 aliphatic carbocycles. The first-order valence-corrected chi connectivity index (χ1v) is 6.98. The van der Waals surface area contributed by atoms with Gasteiger partial charge in [0.05, 0.1) is 5.25 Å². The number of ether oxygens (including phenoxy) is 1. The molecule has 0 fully saturated rings. The van der Waals surface area contributed by atoms with E-state index in [1.54, 1.807) is 6.20 Å². The van der Waals surface area contributed by atoms with Gasteiger partial charge in [-0.05, 0) is 12.1 Å². The molecule has 0 radical (unpaired) electrons. The van der Waals surface area contributed by atoms with Crippen LogP contribution in [-0.2, 0) is 0 Å². The Morgan fingerprint density at radius 3 is 2.89 bits per heavy atom. The Morgan fingerprint density at radius 1 is 1.17 bits per heavy atom. The highest BCUT2D eigenvalue weighted by atomic mass is 32.2. The molecular weight excluding hydrogens is 244 g/mol. The molecule has 4 heteroatoms. The van der Waals surface area contributed by atoms with Crippen LogP contribution in [0.1, 0.15) is 16.4 Å². The Balaban J connectivity index is 2.05. The molecule has 18 heavy (non-hydrogen) atoms. The number of benzene rings is 1. The summed E-state index contributed by atoms with van der Waals surface area (Å²) in [6, 6.07) is 12.2. The first-order chi connectivity index (χ1) is 8.90. The molecule has 1 aliphatic rings. The number of thioether (sulfide) groups is 1. The Morgan fingerprint density at radius 2 is 2.00 bits per heavy atom. The number of rotatable bonds is 3. The van der Waals surface area contributed by atoms with Crippen LogP contribution in [0.2, 0.25) is 0 Å². The molecule has 1 atom stereocenters. The molecule has 2 heterocycles. The van der Waals surface area contributed by atoms with Gasteiger partial charge in [0.1, 0.15) is 5.75 Å². The molecule has 92 valence electrons. The van der Waals surface area contributed by atoms with Gasteiger partial charge in [-0.25, -0.2) is 4.98 Å². The zero-order valence-corrected chi connectivity index (χ0v) is 10.7. The lowest BCUT2D eigenvalue weighted by Crippen LogP contribution is -2.11. The smallest absolute Gasteiger partial charge is 0.223 e. The van der Waals surface area contributed by atoms with E-state index in [-0.39, 0.29) is 5.25 Å². The maximum atomic E-state index is 5.83. The monoisotopic (exact) mass is 258 g/mol. The van der Waals surface area contributed by atoms with E-state index in [9.17, 15) is 0 Å². The minimum Gasteiger partial charge on any atom is -0.438 e. The third-order valence-electron chi connectivity index (χ3n) is 2.89. The second kappa shape index (κ2) is 5.00. The SMILES string of the molecule is NCCS[C@@H]1c2ccccc2Oc2ncccc21. The van der Waals surface area contributed by atoms with Gasteiger partial charge in [-0.3, -0.25) is 0 Å². The van der Waals surface area contributed by atoms with Gasteiger partial charge in [0.25, 0.3) is 0 Å². The highest BCUT2D eigenvalue weighted by Crippen LogP contribution is 2.47. The summed E-state index contributed by atoms with van der Waals surface area (Å²) in [5.74, 6) is 2.54. The summed E-state index contributed by atoms with van der Waals surface area (Å²) >= 11 is 1.84. The van der Waals surface area contributed by atoms with Crippen molar-refractivity contribution in [2.75, 3.05) is 12.3 Å². The van der Waals surface area contributed by atoms with Gasteiger partial charge in [0, 0.05) is 29.6 Å². The number of nitrogens with zero attached hydrogens (tertiary/aromatic N) is 1. The molecule has 3 rings (SSSR count). The number of para-hydroxylation sites is 1. The predicted octanol–water partition coefficient (Wildman–Crippen LogP) is 2.97. The molecule has 3 nitrogen and oxygen atoms in total. The van der Waals surface area contributed by atoms with Crippen LogP contribution < -0.4 is 10.5 Å². The van der Waals surface area contributed by atoms with Crippen molar-refractivity contribution in [3.05, 3.63) is 53.7 Å². The zero-order valence-electron chi connectivity index (χ0n) is 9.87. The van der Waals surface area contributed by atoms with Crippen LogP contribution in [0.5, 0.6) is 11.6 Å². The molecule has 2 aromatic rings. The average Bonchev–Trinajstić information content (AvgIpc) is 2.43.